The largest absolute Gasteiger partial charge is 0.497 e. The van der Waals surface area contributed by atoms with Crippen molar-refractivity contribution in [3.05, 3.63) is 63.4 Å². The number of halogens is 1. The summed E-state index contributed by atoms with van der Waals surface area (Å²) in [5.41, 5.74) is 1.71. The number of ether oxygens (including phenoxy) is 1. The molecule has 0 aliphatic carbocycles. The lowest BCUT2D eigenvalue weighted by Crippen LogP contribution is -1.95. The molecule has 2 aromatic carbocycles. The summed E-state index contributed by atoms with van der Waals surface area (Å²) in [6.45, 7) is 0. The molecule has 0 aliphatic rings. The summed E-state index contributed by atoms with van der Waals surface area (Å²) in [4.78, 5) is 4.44. The third kappa shape index (κ3) is 4.27. The maximum Gasteiger partial charge on any atom is 0.237 e. The van der Waals surface area contributed by atoms with E-state index in [2.05, 4.69) is 15.2 Å². The first kappa shape index (κ1) is 19.1. The fourth-order valence-corrected chi connectivity index (χ4v) is 4.71. The van der Waals surface area contributed by atoms with Gasteiger partial charge in [-0.05, 0) is 48.6 Å². The van der Waals surface area contributed by atoms with Crippen LogP contribution >= 0.6 is 46.9 Å². The van der Waals surface area contributed by atoms with Crippen LogP contribution in [0.2, 0.25) is 5.02 Å². The second kappa shape index (κ2) is 8.44. The predicted octanol–water partition coefficient (Wildman–Crippen LogP) is 5.67. The Labute approximate surface area is 179 Å². The topological polar surface area (TPSA) is 66.0 Å². The summed E-state index contributed by atoms with van der Waals surface area (Å²) >= 11 is 14.3. The van der Waals surface area contributed by atoms with Crippen LogP contribution in [0, 0.1) is 3.95 Å². The van der Waals surface area contributed by atoms with E-state index >= 15 is 0 Å². The van der Waals surface area contributed by atoms with Gasteiger partial charge >= 0.3 is 0 Å². The van der Waals surface area contributed by atoms with Crippen molar-refractivity contribution in [2.75, 3.05) is 7.11 Å². The van der Waals surface area contributed by atoms with E-state index in [0.717, 1.165) is 21.3 Å². The first-order valence-electron chi connectivity index (χ1n) is 8.08. The van der Waals surface area contributed by atoms with Gasteiger partial charge in [-0.2, -0.15) is 4.98 Å². The summed E-state index contributed by atoms with van der Waals surface area (Å²) in [6, 6.07) is 14.9. The fraction of sp³-hybridized carbons (Fsp3) is 0.111. The van der Waals surface area contributed by atoms with Crippen molar-refractivity contribution in [1.29, 1.82) is 0 Å². The van der Waals surface area contributed by atoms with E-state index in [-0.39, 0.29) is 0 Å². The second-order valence-electron chi connectivity index (χ2n) is 5.55. The van der Waals surface area contributed by atoms with Crippen molar-refractivity contribution < 1.29 is 9.26 Å². The molecule has 0 saturated carbocycles. The zero-order chi connectivity index (χ0) is 19.5. The van der Waals surface area contributed by atoms with Crippen LogP contribution in [-0.4, -0.2) is 27.0 Å². The molecule has 0 radical (unpaired) electrons. The number of hydrogen-bond donors (Lipinski definition) is 0. The average molecular weight is 449 g/mol. The molecule has 0 saturated heterocycles. The first-order valence-corrected chi connectivity index (χ1v) is 10.7. The van der Waals surface area contributed by atoms with Crippen LogP contribution in [0.1, 0.15) is 5.89 Å². The second-order valence-corrected chi connectivity index (χ2v) is 8.84. The maximum absolute atomic E-state index is 5.94. The Hall–Kier alpha value is -2.20. The number of nitrogens with zero attached hydrogens (tertiary/aromatic N) is 4. The highest BCUT2D eigenvalue weighted by molar-refractivity contribution is 8.00. The lowest BCUT2D eigenvalue weighted by molar-refractivity contribution is 0.391. The molecule has 142 valence electrons. The normalized spacial score (nSPS) is 10.9. The van der Waals surface area contributed by atoms with E-state index in [1.54, 1.807) is 11.8 Å². The van der Waals surface area contributed by atoms with Crippen molar-refractivity contribution in [2.45, 2.75) is 10.1 Å². The van der Waals surface area contributed by atoms with Gasteiger partial charge in [0.25, 0.3) is 0 Å². The van der Waals surface area contributed by atoms with Gasteiger partial charge in [0, 0.05) is 10.6 Å². The van der Waals surface area contributed by atoms with E-state index in [0.29, 0.717) is 26.4 Å². The summed E-state index contributed by atoms with van der Waals surface area (Å²) in [5.74, 6) is 2.28. The molecular weight excluding hydrogens is 436 g/mol. The van der Waals surface area contributed by atoms with Crippen molar-refractivity contribution in [1.82, 2.24) is 19.9 Å². The molecule has 0 unspecified atom stereocenters. The Morgan fingerprint density at radius 3 is 2.86 bits per heavy atom. The predicted molar refractivity (Wildman–Crippen MR) is 113 cm³/mol. The molecule has 0 N–H and O–H groups in total. The minimum atomic E-state index is 0.500. The summed E-state index contributed by atoms with van der Waals surface area (Å²) in [6.07, 6.45) is 0. The molecule has 6 nitrogen and oxygen atoms in total. The monoisotopic (exact) mass is 448 g/mol. The van der Waals surface area contributed by atoms with Gasteiger partial charge in [0.05, 0.1) is 18.6 Å². The van der Waals surface area contributed by atoms with Gasteiger partial charge in [-0.25, -0.2) is 4.68 Å². The lowest BCUT2D eigenvalue weighted by Gasteiger charge is -2.00. The van der Waals surface area contributed by atoms with Crippen LogP contribution in [0.3, 0.4) is 0 Å². The summed E-state index contributed by atoms with van der Waals surface area (Å²) < 4.78 is 13.8. The zero-order valence-corrected chi connectivity index (χ0v) is 17.7. The van der Waals surface area contributed by atoms with Gasteiger partial charge in [-0.3, -0.25) is 0 Å². The minimum absolute atomic E-state index is 0.500. The number of hydrogen-bond acceptors (Lipinski definition) is 8. The number of aromatic nitrogens is 4. The van der Waals surface area contributed by atoms with Gasteiger partial charge in [0.1, 0.15) is 5.75 Å². The quantitative estimate of drug-likeness (QED) is 0.278. The van der Waals surface area contributed by atoms with Gasteiger partial charge in [-0.15, -0.1) is 5.10 Å². The first-order chi connectivity index (χ1) is 13.6. The molecule has 0 spiro atoms. The van der Waals surface area contributed by atoms with Gasteiger partial charge < -0.3 is 9.26 Å². The van der Waals surface area contributed by atoms with E-state index in [9.17, 15) is 0 Å². The van der Waals surface area contributed by atoms with Crippen LogP contribution in [0.15, 0.2) is 57.4 Å². The third-order valence-corrected chi connectivity index (χ3v) is 6.32. The highest BCUT2D eigenvalue weighted by Gasteiger charge is 2.12. The number of rotatable bonds is 6. The molecule has 0 atom stereocenters. The van der Waals surface area contributed by atoms with Crippen molar-refractivity contribution in [3.63, 3.8) is 0 Å². The SMILES string of the molecule is COc1cccc(-c2noc(CSc3nn(-c4ccc(Cl)cc4)c(=S)s3)n2)c1. The third-order valence-electron chi connectivity index (χ3n) is 3.72. The smallest absolute Gasteiger partial charge is 0.237 e. The number of thioether (sulfide) groups is 1. The average Bonchev–Trinajstić information content (AvgIpc) is 3.34. The molecule has 2 heterocycles. The van der Waals surface area contributed by atoms with Crippen LogP contribution < -0.4 is 4.74 Å². The van der Waals surface area contributed by atoms with Crippen LogP contribution in [-0.2, 0) is 5.75 Å². The Kier molecular flexibility index (Phi) is 5.77. The lowest BCUT2D eigenvalue weighted by atomic mass is 10.2. The molecular formula is C18H13ClN4O2S3. The van der Waals surface area contributed by atoms with E-state index in [4.69, 9.17) is 33.1 Å². The highest BCUT2D eigenvalue weighted by Crippen LogP contribution is 2.28. The van der Waals surface area contributed by atoms with E-state index in [1.807, 2.05) is 48.5 Å². The zero-order valence-electron chi connectivity index (χ0n) is 14.5. The van der Waals surface area contributed by atoms with Crippen LogP contribution in [0.4, 0.5) is 0 Å². The molecule has 0 fully saturated rings. The molecule has 0 amide bonds. The molecule has 4 rings (SSSR count). The van der Waals surface area contributed by atoms with Gasteiger partial charge in [0.2, 0.25) is 11.7 Å². The van der Waals surface area contributed by atoms with Crippen molar-refractivity contribution in [2.24, 2.45) is 0 Å². The molecule has 0 bridgehead atoms. The summed E-state index contributed by atoms with van der Waals surface area (Å²) in [5, 5.41) is 9.27. The van der Waals surface area contributed by atoms with Crippen molar-refractivity contribution in [3.8, 4) is 22.8 Å². The Balaban J connectivity index is 1.47. The van der Waals surface area contributed by atoms with E-state index < -0.39 is 0 Å². The Morgan fingerprint density at radius 2 is 2.07 bits per heavy atom. The molecule has 10 heteroatoms. The molecule has 28 heavy (non-hydrogen) atoms. The number of benzene rings is 2. The van der Waals surface area contributed by atoms with E-state index in [1.165, 1.54) is 23.1 Å². The molecule has 2 aromatic heterocycles. The Morgan fingerprint density at radius 1 is 1.25 bits per heavy atom. The van der Waals surface area contributed by atoms with Gasteiger partial charge in [-0.1, -0.05) is 52.0 Å². The van der Waals surface area contributed by atoms with Crippen LogP contribution in [0.5, 0.6) is 5.75 Å². The highest BCUT2D eigenvalue weighted by atomic mass is 35.5. The number of methoxy groups -OCH3 is 1. The maximum atomic E-state index is 5.94. The standard InChI is InChI=1S/C18H13ClN4O2S3/c1-24-14-4-2-3-11(9-14)16-20-15(25-22-16)10-27-17-21-23(18(26)28-17)13-7-5-12(19)6-8-13/h2-9H,10H2,1H3. The fourth-order valence-electron chi connectivity index (χ4n) is 2.38. The molecule has 4 aromatic rings. The van der Waals surface area contributed by atoms with Gasteiger partial charge in [0.15, 0.2) is 8.29 Å². The van der Waals surface area contributed by atoms with Crippen LogP contribution in [0.25, 0.3) is 17.1 Å². The van der Waals surface area contributed by atoms with Crippen molar-refractivity contribution >= 4 is 46.9 Å². The molecule has 0 aliphatic heterocycles. The minimum Gasteiger partial charge on any atom is -0.497 e. The summed E-state index contributed by atoms with van der Waals surface area (Å²) in [7, 11) is 1.62. The Bertz CT molecular complexity index is 1150.